The first-order chi connectivity index (χ1) is 5.37. The second-order valence-corrected chi connectivity index (χ2v) is 3.16. The Morgan fingerprint density at radius 2 is 2.00 bits per heavy atom. The van der Waals surface area contributed by atoms with E-state index in [1.807, 2.05) is 6.92 Å². The summed E-state index contributed by atoms with van der Waals surface area (Å²) in [5, 5.41) is 9.21. The first-order valence-electron chi connectivity index (χ1n) is 4.11. The number of halogens is 2. The third kappa shape index (κ3) is 2.55. The van der Waals surface area contributed by atoms with Crippen LogP contribution in [0, 0.1) is 0 Å². The lowest BCUT2D eigenvalue weighted by Crippen LogP contribution is -2.43. The summed E-state index contributed by atoms with van der Waals surface area (Å²) in [7, 11) is 0. The van der Waals surface area contributed by atoms with Crippen molar-refractivity contribution in [3.63, 3.8) is 0 Å². The van der Waals surface area contributed by atoms with Crippen LogP contribution in [-0.4, -0.2) is 16.6 Å². The largest absolute Gasteiger partial charge is 0.380 e. The third-order valence-corrected chi connectivity index (χ3v) is 1.98. The molecule has 0 rings (SSSR count). The third-order valence-electron chi connectivity index (χ3n) is 1.98. The Kier molecular flexibility index (Phi) is 3.84. The summed E-state index contributed by atoms with van der Waals surface area (Å²) in [5.74, 6) is -3.06. The molecule has 0 aliphatic rings. The van der Waals surface area contributed by atoms with E-state index in [2.05, 4.69) is 6.58 Å². The zero-order valence-electron chi connectivity index (χ0n) is 7.61. The van der Waals surface area contributed by atoms with E-state index in [1.165, 1.54) is 0 Å². The minimum Gasteiger partial charge on any atom is -0.380 e. The summed E-state index contributed by atoms with van der Waals surface area (Å²) in [5.41, 5.74) is -2.08. The molecular formula is C9H16F2O. The van der Waals surface area contributed by atoms with E-state index in [9.17, 15) is 13.9 Å². The molecule has 12 heavy (non-hydrogen) atoms. The molecule has 0 aliphatic heterocycles. The number of aliphatic hydroxyl groups is 1. The molecule has 0 amide bonds. The van der Waals surface area contributed by atoms with Crippen molar-refractivity contribution in [2.45, 2.75) is 44.6 Å². The predicted molar refractivity (Wildman–Crippen MR) is 45.3 cm³/mol. The zero-order chi connectivity index (χ0) is 9.83. The maximum absolute atomic E-state index is 13.1. The lowest BCUT2D eigenvalue weighted by molar-refractivity contribution is -0.149. The lowest BCUT2D eigenvalue weighted by atomic mass is 9.94. The molecule has 72 valence electrons. The van der Waals surface area contributed by atoms with E-state index in [-0.39, 0.29) is 6.42 Å². The van der Waals surface area contributed by atoms with Gasteiger partial charge in [0, 0.05) is 6.42 Å². The Morgan fingerprint density at radius 3 is 2.33 bits per heavy atom. The van der Waals surface area contributed by atoms with Crippen molar-refractivity contribution in [1.29, 1.82) is 0 Å². The van der Waals surface area contributed by atoms with Gasteiger partial charge in [-0.2, -0.15) is 0 Å². The summed E-state index contributed by atoms with van der Waals surface area (Å²) in [4.78, 5) is 0. The molecule has 0 aromatic rings. The summed E-state index contributed by atoms with van der Waals surface area (Å²) >= 11 is 0. The van der Waals surface area contributed by atoms with Crippen molar-refractivity contribution in [2.24, 2.45) is 0 Å². The maximum Gasteiger partial charge on any atom is 0.279 e. The van der Waals surface area contributed by atoms with Crippen LogP contribution in [-0.2, 0) is 0 Å². The minimum atomic E-state index is -3.06. The van der Waals surface area contributed by atoms with Gasteiger partial charge in [0.15, 0.2) is 0 Å². The Balaban J connectivity index is 4.27. The van der Waals surface area contributed by atoms with Gasteiger partial charge in [0.25, 0.3) is 5.92 Å². The molecule has 1 N–H and O–H groups in total. The van der Waals surface area contributed by atoms with Crippen LogP contribution in [0.25, 0.3) is 0 Å². The second-order valence-electron chi connectivity index (χ2n) is 3.16. The molecule has 0 spiro atoms. The van der Waals surface area contributed by atoms with Crippen molar-refractivity contribution >= 4 is 0 Å². The van der Waals surface area contributed by atoms with Crippen LogP contribution in [0.5, 0.6) is 0 Å². The summed E-state index contributed by atoms with van der Waals surface area (Å²) in [6, 6.07) is 0. The fourth-order valence-electron chi connectivity index (χ4n) is 0.801. The number of hydrogen-bond donors (Lipinski definition) is 1. The van der Waals surface area contributed by atoms with Gasteiger partial charge in [0.2, 0.25) is 0 Å². The highest BCUT2D eigenvalue weighted by molar-refractivity contribution is 5.02. The predicted octanol–water partition coefficient (Wildman–Crippen LogP) is 2.75. The van der Waals surface area contributed by atoms with E-state index in [0.717, 1.165) is 13.0 Å². The fraction of sp³-hybridized carbons (Fsp3) is 0.778. The minimum absolute atomic E-state index is 0.289. The van der Waals surface area contributed by atoms with E-state index >= 15 is 0 Å². The van der Waals surface area contributed by atoms with Gasteiger partial charge in [-0.3, -0.25) is 0 Å². The van der Waals surface area contributed by atoms with Gasteiger partial charge in [-0.15, -0.1) is 6.58 Å². The highest BCUT2D eigenvalue weighted by Crippen LogP contribution is 2.34. The van der Waals surface area contributed by atoms with Gasteiger partial charge in [-0.25, -0.2) is 8.78 Å². The second kappa shape index (κ2) is 3.99. The molecule has 1 nitrogen and oxygen atoms in total. The van der Waals surface area contributed by atoms with Crippen LogP contribution in [0.2, 0.25) is 0 Å². The van der Waals surface area contributed by atoms with Gasteiger partial charge in [0.05, 0.1) is 0 Å². The number of rotatable bonds is 5. The molecule has 0 saturated heterocycles. The fourth-order valence-corrected chi connectivity index (χ4v) is 0.801. The molecule has 0 heterocycles. The van der Waals surface area contributed by atoms with Crippen LogP contribution in [0.4, 0.5) is 8.78 Å². The average Bonchev–Trinajstić information content (AvgIpc) is 2.00. The van der Waals surface area contributed by atoms with Gasteiger partial charge in [-0.1, -0.05) is 19.4 Å². The van der Waals surface area contributed by atoms with Crippen molar-refractivity contribution in [1.82, 2.24) is 0 Å². The van der Waals surface area contributed by atoms with E-state index < -0.39 is 11.5 Å². The maximum atomic E-state index is 13.1. The van der Waals surface area contributed by atoms with Crippen molar-refractivity contribution in [3.8, 4) is 0 Å². The molecular weight excluding hydrogens is 162 g/mol. The van der Waals surface area contributed by atoms with E-state index in [0.29, 0.717) is 12.8 Å². The molecule has 1 atom stereocenters. The summed E-state index contributed by atoms with van der Waals surface area (Å²) in [6.45, 7) is 6.09. The van der Waals surface area contributed by atoms with Crippen molar-refractivity contribution in [3.05, 3.63) is 12.7 Å². The molecule has 0 aliphatic carbocycles. The van der Waals surface area contributed by atoms with Gasteiger partial charge >= 0.3 is 0 Å². The molecule has 0 aromatic heterocycles. The number of unbranched alkanes of at least 4 members (excludes halogenated alkanes) is 1. The topological polar surface area (TPSA) is 20.2 Å². The van der Waals surface area contributed by atoms with Crippen molar-refractivity contribution in [2.75, 3.05) is 0 Å². The van der Waals surface area contributed by atoms with Gasteiger partial charge < -0.3 is 5.11 Å². The average molecular weight is 178 g/mol. The molecule has 0 saturated carbocycles. The van der Waals surface area contributed by atoms with Crippen molar-refractivity contribution < 1.29 is 13.9 Å². The monoisotopic (exact) mass is 178 g/mol. The molecule has 0 fully saturated rings. The SMILES string of the molecule is C=CC(C)(O)C(F)(F)CCCC. The Morgan fingerprint density at radius 1 is 1.50 bits per heavy atom. The Labute approximate surface area is 72.1 Å². The van der Waals surface area contributed by atoms with Crippen LogP contribution in [0.15, 0.2) is 12.7 Å². The molecule has 1 unspecified atom stereocenters. The molecule has 3 heteroatoms. The van der Waals surface area contributed by atoms with Crippen LogP contribution >= 0.6 is 0 Å². The molecule has 0 aromatic carbocycles. The Bertz CT molecular complexity index is 153. The molecule has 0 bridgehead atoms. The first-order valence-corrected chi connectivity index (χ1v) is 4.11. The van der Waals surface area contributed by atoms with Crippen LogP contribution in [0.1, 0.15) is 33.1 Å². The van der Waals surface area contributed by atoms with E-state index in [1.54, 1.807) is 0 Å². The lowest BCUT2D eigenvalue weighted by Gasteiger charge is -2.29. The van der Waals surface area contributed by atoms with E-state index in [4.69, 9.17) is 0 Å². The molecule has 0 radical (unpaired) electrons. The number of alkyl halides is 2. The summed E-state index contributed by atoms with van der Waals surface area (Å²) < 4.78 is 26.1. The van der Waals surface area contributed by atoms with Gasteiger partial charge in [-0.05, 0) is 13.3 Å². The van der Waals surface area contributed by atoms with Gasteiger partial charge in [0.1, 0.15) is 5.60 Å². The summed E-state index contributed by atoms with van der Waals surface area (Å²) in [6.07, 6.45) is 1.71. The highest BCUT2D eigenvalue weighted by Gasteiger charge is 2.45. The van der Waals surface area contributed by atoms with Crippen LogP contribution in [0.3, 0.4) is 0 Å². The standard InChI is InChI=1S/C9H16F2O/c1-4-6-7-9(10,11)8(3,12)5-2/h5,12H,2,4,6-7H2,1,3H3. The highest BCUT2D eigenvalue weighted by atomic mass is 19.3. The smallest absolute Gasteiger partial charge is 0.279 e. The first kappa shape index (κ1) is 11.6. The normalized spacial score (nSPS) is 17.1. The number of hydrogen-bond acceptors (Lipinski definition) is 1. The quantitative estimate of drug-likeness (QED) is 0.642. The Hall–Kier alpha value is -0.440. The zero-order valence-corrected chi connectivity index (χ0v) is 7.61. The van der Waals surface area contributed by atoms with Crippen LogP contribution < -0.4 is 0 Å².